The van der Waals surface area contributed by atoms with E-state index in [1.54, 1.807) is 13.0 Å². The van der Waals surface area contributed by atoms with Crippen molar-refractivity contribution in [2.75, 3.05) is 0 Å². The highest BCUT2D eigenvalue weighted by Gasteiger charge is 2.64. The highest BCUT2D eigenvalue weighted by molar-refractivity contribution is 6.01. The van der Waals surface area contributed by atoms with Crippen LogP contribution in [0.4, 0.5) is 0 Å². The summed E-state index contributed by atoms with van der Waals surface area (Å²) in [6.45, 7) is 14.5. The molecular weight excluding hydrogens is 424 g/mol. The number of hydrogen-bond acceptors (Lipinski definition) is 4. The maximum atomic E-state index is 13.4. The summed E-state index contributed by atoms with van der Waals surface area (Å²) in [5.41, 5.74) is 2.64. The molecule has 4 rings (SSSR count). The third kappa shape index (κ3) is 3.70. The Kier molecular flexibility index (Phi) is 6.03. The Balaban J connectivity index is 1.64. The molecule has 182 valence electrons. The molecule has 0 radical (unpaired) electrons. The standard InChI is InChI=1S/C30H38O4/c1-18(22-12-11-20(3)27(33)34-22)9-8-10-19(2)26-21(31)17-24-29(6)16-14-25(32)28(4,5)23(29)13-15-30(24,26)7/h8-12,23-24H,13-17H2,1-7H3/b10-8+,18-9+,26-19+/t23-,24?,29?,30-/m0/s1. The van der Waals surface area contributed by atoms with Crippen molar-refractivity contribution in [2.45, 2.75) is 80.6 Å². The number of hydrogen-bond donors (Lipinski definition) is 0. The zero-order valence-corrected chi connectivity index (χ0v) is 21.7. The molecule has 3 aliphatic rings. The second kappa shape index (κ2) is 8.32. The van der Waals surface area contributed by atoms with E-state index < -0.39 is 0 Å². The van der Waals surface area contributed by atoms with Gasteiger partial charge in [-0.25, -0.2) is 4.79 Å². The van der Waals surface area contributed by atoms with E-state index in [1.807, 2.05) is 38.1 Å². The monoisotopic (exact) mass is 462 g/mol. The molecule has 2 unspecified atom stereocenters. The zero-order valence-electron chi connectivity index (χ0n) is 21.7. The van der Waals surface area contributed by atoms with E-state index in [1.165, 1.54) is 0 Å². The number of carbonyl (C=O) groups is 2. The van der Waals surface area contributed by atoms with Crippen LogP contribution in [0.15, 0.2) is 50.7 Å². The van der Waals surface area contributed by atoms with Crippen LogP contribution in [0.3, 0.4) is 0 Å². The summed E-state index contributed by atoms with van der Waals surface area (Å²) < 4.78 is 5.37. The van der Waals surface area contributed by atoms with Gasteiger partial charge in [-0.1, -0.05) is 45.9 Å². The number of carbonyl (C=O) groups excluding carboxylic acids is 2. The topological polar surface area (TPSA) is 64.3 Å². The van der Waals surface area contributed by atoms with Gasteiger partial charge in [-0.3, -0.25) is 9.59 Å². The third-order valence-electron chi connectivity index (χ3n) is 9.52. The Bertz CT molecular complexity index is 1190. The van der Waals surface area contributed by atoms with E-state index in [0.717, 1.165) is 36.0 Å². The minimum atomic E-state index is -0.320. The van der Waals surface area contributed by atoms with Crippen LogP contribution >= 0.6 is 0 Å². The van der Waals surface area contributed by atoms with Crippen molar-refractivity contribution < 1.29 is 14.0 Å². The van der Waals surface area contributed by atoms with Crippen LogP contribution in [-0.4, -0.2) is 11.6 Å². The predicted octanol–water partition coefficient (Wildman–Crippen LogP) is 6.62. The SMILES string of the molecule is CC(/C=C/C=C(\C)c1ccc(C)c(=O)o1)=C1/C(=O)CC2C3(C)CCC(=O)C(C)(C)[C@@H]3CC[C@]12C. The molecule has 0 aromatic carbocycles. The molecule has 1 aromatic heterocycles. The first-order chi connectivity index (χ1) is 15.8. The van der Waals surface area contributed by atoms with Gasteiger partial charge in [0.2, 0.25) is 0 Å². The third-order valence-corrected chi connectivity index (χ3v) is 9.52. The van der Waals surface area contributed by atoms with Crippen LogP contribution in [0.25, 0.3) is 5.57 Å². The maximum absolute atomic E-state index is 13.4. The van der Waals surface area contributed by atoms with E-state index in [9.17, 15) is 14.4 Å². The average Bonchev–Trinajstić information content (AvgIpc) is 3.04. The molecule has 0 saturated heterocycles. The Morgan fingerprint density at radius 2 is 1.74 bits per heavy atom. The molecule has 0 N–H and O–H groups in total. The fourth-order valence-corrected chi connectivity index (χ4v) is 7.58. The minimum absolute atomic E-state index is 0.00525. The molecule has 3 saturated carbocycles. The van der Waals surface area contributed by atoms with Crippen LogP contribution < -0.4 is 5.63 Å². The molecular formula is C30H38O4. The van der Waals surface area contributed by atoms with Crippen molar-refractivity contribution in [3.05, 3.63) is 63.3 Å². The van der Waals surface area contributed by atoms with E-state index in [2.05, 4.69) is 27.7 Å². The Morgan fingerprint density at radius 3 is 2.41 bits per heavy atom. The number of Topliss-reactive ketones (excluding diaryl/α,β-unsaturated/α-hetero) is 2. The Hall–Kier alpha value is -2.49. The first-order valence-electron chi connectivity index (χ1n) is 12.6. The Labute approximate surface area is 203 Å². The number of aryl methyl sites for hydroxylation is 1. The first-order valence-corrected chi connectivity index (χ1v) is 12.6. The Morgan fingerprint density at radius 1 is 1.03 bits per heavy atom. The molecule has 3 aliphatic carbocycles. The van der Waals surface area contributed by atoms with Crippen LogP contribution in [-0.2, 0) is 9.59 Å². The predicted molar refractivity (Wildman–Crippen MR) is 135 cm³/mol. The first kappa shape index (κ1) is 24.6. The fraction of sp³-hybridized carbons (Fsp3) is 0.567. The van der Waals surface area contributed by atoms with E-state index >= 15 is 0 Å². The lowest BCUT2D eigenvalue weighted by Crippen LogP contribution is -2.56. The van der Waals surface area contributed by atoms with E-state index in [-0.39, 0.29) is 33.6 Å². The lowest BCUT2D eigenvalue weighted by atomic mass is 9.43. The van der Waals surface area contributed by atoms with Gasteiger partial charge in [0.25, 0.3) is 0 Å². The normalized spacial score (nSPS) is 34.9. The molecule has 3 fully saturated rings. The molecule has 34 heavy (non-hydrogen) atoms. The average molecular weight is 463 g/mol. The van der Waals surface area contributed by atoms with Crippen LogP contribution in [0, 0.1) is 35.0 Å². The maximum Gasteiger partial charge on any atom is 0.339 e. The second-order valence-electron chi connectivity index (χ2n) is 11.9. The van der Waals surface area contributed by atoms with Gasteiger partial charge in [-0.05, 0) is 80.6 Å². The van der Waals surface area contributed by atoms with Gasteiger partial charge < -0.3 is 4.42 Å². The molecule has 0 bridgehead atoms. The van der Waals surface area contributed by atoms with Crippen LogP contribution in [0.1, 0.15) is 85.0 Å². The quantitative estimate of drug-likeness (QED) is 0.374. The summed E-state index contributed by atoms with van der Waals surface area (Å²) in [5.74, 6) is 1.80. The van der Waals surface area contributed by atoms with Gasteiger partial charge in [0.15, 0.2) is 5.78 Å². The summed E-state index contributed by atoms with van der Waals surface area (Å²) in [6.07, 6.45) is 9.90. The summed E-state index contributed by atoms with van der Waals surface area (Å²) in [4.78, 5) is 37.9. The largest absolute Gasteiger partial charge is 0.423 e. The number of fused-ring (bicyclic) bond motifs is 3. The zero-order chi connectivity index (χ0) is 25.1. The summed E-state index contributed by atoms with van der Waals surface area (Å²) in [5, 5.41) is 0. The van der Waals surface area contributed by atoms with Gasteiger partial charge in [0, 0.05) is 34.8 Å². The van der Waals surface area contributed by atoms with Gasteiger partial charge >= 0.3 is 5.63 Å². The minimum Gasteiger partial charge on any atom is -0.423 e. The van der Waals surface area contributed by atoms with Gasteiger partial charge in [-0.15, -0.1) is 0 Å². The molecule has 1 aromatic rings. The molecule has 0 aliphatic heterocycles. The molecule has 4 nitrogen and oxygen atoms in total. The van der Waals surface area contributed by atoms with Crippen molar-refractivity contribution in [2.24, 2.45) is 28.1 Å². The molecule has 1 heterocycles. The fourth-order valence-electron chi connectivity index (χ4n) is 7.58. The molecule has 0 amide bonds. The van der Waals surface area contributed by atoms with Crippen LogP contribution in [0.5, 0.6) is 0 Å². The number of allylic oxidation sites excluding steroid dienone is 6. The summed E-state index contributed by atoms with van der Waals surface area (Å²) in [6, 6.07) is 3.58. The van der Waals surface area contributed by atoms with Crippen molar-refractivity contribution in [1.29, 1.82) is 0 Å². The van der Waals surface area contributed by atoms with Crippen LogP contribution in [0.2, 0.25) is 0 Å². The molecule has 4 atom stereocenters. The van der Waals surface area contributed by atoms with Gasteiger partial charge in [-0.2, -0.15) is 0 Å². The number of ketones is 2. The number of rotatable bonds is 3. The van der Waals surface area contributed by atoms with Crippen molar-refractivity contribution in [3.8, 4) is 0 Å². The molecule has 0 spiro atoms. The summed E-state index contributed by atoms with van der Waals surface area (Å²) >= 11 is 0. The van der Waals surface area contributed by atoms with E-state index in [0.29, 0.717) is 35.9 Å². The highest BCUT2D eigenvalue weighted by Crippen LogP contribution is 2.68. The van der Waals surface area contributed by atoms with Gasteiger partial charge in [0.1, 0.15) is 11.5 Å². The smallest absolute Gasteiger partial charge is 0.339 e. The van der Waals surface area contributed by atoms with Crippen molar-refractivity contribution >= 4 is 17.1 Å². The highest BCUT2D eigenvalue weighted by atomic mass is 16.4. The lowest BCUT2D eigenvalue weighted by molar-refractivity contribution is -0.154. The lowest BCUT2D eigenvalue weighted by Gasteiger charge is -2.60. The summed E-state index contributed by atoms with van der Waals surface area (Å²) in [7, 11) is 0. The molecule has 4 heteroatoms. The van der Waals surface area contributed by atoms with Gasteiger partial charge in [0.05, 0.1) is 0 Å². The van der Waals surface area contributed by atoms with Crippen molar-refractivity contribution in [3.63, 3.8) is 0 Å². The second-order valence-corrected chi connectivity index (χ2v) is 11.9. The van der Waals surface area contributed by atoms with E-state index in [4.69, 9.17) is 4.42 Å². The van der Waals surface area contributed by atoms with Crippen molar-refractivity contribution in [1.82, 2.24) is 0 Å².